The Hall–Kier alpha value is -1.02. The summed E-state index contributed by atoms with van der Waals surface area (Å²) in [6.07, 6.45) is 2.23. The molecule has 1 atom stereocenters. The molecule has 0 saturated carbocycles. The van der Waals surface area contributed by atoms with Crippen LogP contribution < -0.4 is 10.5 Å². The number of methoxy groups -OCH3 is 1. The van der Waals surface area contributed by atoms with Gasteiger partial charge in [-0.25, -0.2) is 0 Å². The minimum absolute atomic E-state index is 0.0986. The number of benzene rings is 1. The first-order valence-corrected chi connectivity index (χ1v) is 7.20. The zero-order chi connectivity index (χ0) is 14.6. The van der Waals surface area contributed by atoms with Crippen LogP contribution in [-0.4, -0.2) is 13.7 Å². The molecule has 2 heteroatoms. The van der Waals surface area contributed by atoms with Gasteiger partial charge in [-0.3, -0.25) is 0 Å². The predicted molar refractivity (Wildman–Crippen MR) is 83.1 cm³/mol. The third-order valence-corrected chi connectivity index (χ3v) is 3.77. The van der Waals surface area contributed by atoms with E-state index in [1.54, 1.807) is 7.11 Å². The Morgan fingerprint density at radius 3 is 2.37 bits per heavy atom. The Morgan fingerprint density at radius 2 is 1.89 bits per heavy atom. The highest BCUT2D eigenvalue weighted by molar-refractivity contribution is 5.46. The van der Waals surface area contributed by atoms with Crippen LogP contribution in [0.5, 0.6) is 5.75 Å². The molecule has 1 unspecified atom stereocenters. The number of rotatable bonds is 5. The van der Waals surface area contributed by atoms with Gasteiger partial charge in [0.2, 0.25) is 0 Å². The fourth-order valence-electron chi connectivity index (χ4n) is 2.56. The van der Waals surface area contributed by atoms with Crippen LogP contribution in [0, 0.1) is 6.92 Å². The second-order valence-electron chi connectivity index (χ2n) is 6.49. The average Bonchev–Trinajstić information content (AvgIpc) is 2.33. The van der Waals surface area contributed by atoms with E-state index in [0.717, 1.165) is 25.1 Å². The van der Waals surface area contributed by atoms with Gasteiger partial charge in [0.15, 0.2) is 0 Å². The Bertz CT molecular complexity index is 418. The van der Waals surface area contributed by atoms with Crippen LogP contribution in [0.3, 0.4) is 0 Å². The van der Waals surface area contributed by atoms with E-state index in [4.69, 9.17) is 10.5 Å². The third kappa shape index (κ3) is 3.97. The quantitative estimate of drug-likeness (QED) is 0.866. The summed E-state index contributed by atoms with van der Waals surface area (Å²) in [6, 6.07) is 4.50. The van der Waals surface area contributed by atoms with Crippen molar-refractivity contribution in [2.45, 2.75) is 58.8 Å². The van der Waals surface area contributed by atoms with Crippen LogP contribution >= 0.6 is 0 Å². The summed E-state index contributed by atoms with van der Waals surface area (Å²) in [7, 11) is 1.75. The Morgan fingerprint density at radius 1 is 1.26 bits per heavy atom. The van der Waals surface area contributed by atoms with Gasteiger partial charge in [-0.1, -0.05) is 33.8 Å². The van der Waals surface area contributed by atoms with Crippen molar-refractivity contribution in [3.05, 3.63) is 28.8 Å². The van der Waals surface area contributed by atoms with Gasteiger partial charge in [0.1, 0.15) is 5.75 Å². The second kappa shape index (κ2) is 6.42. The van der Waals surface area contributed by atoms with E-state index < -0.39 is 0 Å². The van der Waals surface area contributed by atoms with Crippen molar-refractivity contribution in [2.24, 2.45) is 5.73 Å². The lowest BCUT2D eigenvalue weighted by Crippen LogP contribution is -2.14. The molecule has 0 bridgehead atoms. The number of aryl methyl sites for hydroxylation is 1. The molecule has 1 aromatic carbocycles. The molecule has 0 spiro atoms. The van der Waals surface area contributed by atoms with Crippen LogP contribution in [0.25, 0.3) is 0 Å². The summed E-state index contributed by atoms with van der Waals surface area (Å²) in [5.41, 5.74) is 9.75. The van der Waals surface area contributed by atoms with Crippen molar-refractivity contribution in [3.63, 3.8) is 0 Å². The Labute approximate surface area is 118 Å². The van der Waals surface area contributed by atoms with Gasteiger partial charge in [-0.2, -0.15) is 0 Å². The van der Waals surface area contributed by atoms with Gasteiger partial charge in [0.25, 0.3) is 0 Å². The smallest absolute Gasteiger partial charge is 0.122 e. The maximum absolute atomic E-state index is 5.62. The molecule has 0 fully saturated rings. The zero-order valence-corrected chi connectivity index (χ0v) is 13.3. The van der Waals surface area contributed by atoms with E-state index in [2.05, 4.69) is 46.8 Å². The third-order valence-electron chi connectivity index (χ3n) is 3.77. The largest absolute Gasteiger partial charge is 0.496 e. The number of ether oxygens (including phenoxy) is 1. The van der Waals surface area contributed by atoms with Crippen molar-refractivity contribution < 1.29 is 4.74 Å². The molecule has 0 heterocycles. The van der Waals surface area contributed by atoms with E-state index in [0.29, 0.717) is 5.92 Å². The molecule has 0 saturated heterocycles. The highest BCUT2D eigenvalue weighted by atomic mass is 16.5. The lowest BCUT2D eigenvalue weighted by atomic mass is 9.82. The van der Waals surface area contributed by atoms with Crippen LogP contribution in [0.2, 0.25) is 0 Å². The molecule has 108 valence electrons. The lowest BCUT2D eigenvalue weighted by Gasteiger charge is -2.25. The molecule has 0 aliphatic rings. The molecule has 1 rings (SSSR count). The molecule has 0 aliphatic heterocycles. The van der Waals surface area contributed by atoms with Crippen molar-refractivity contribution in [1.82, 2.24) is 0 Å². The van der Waals surface area contributed by atoms with E-state index in [1.807, 2.05) is 0 Å². The fourth-order valence-corrected chi connectivity index (χ4v) is 2.56. The summed E-state index contributed by atoms with van der Waals surface area (Å²) < 4.78 is 5.55. The fraction of sp³-hybridized carbons (Fsp3) is 0.647. The molecule has 2 N–H and O–H groups in total. The van der Waals surface area contributed by atoms with E-state index in [1.165, 1.54) is 16.7 Å². The monoisotopic (exact) mass is 263 g/mol. The van der Waals surface area contributed by atoms with Gasteiger partial charge in [0, 0.05) is 0 Å². The number of nitrogens with two attached hydrogens (primary N) is 1. The zero-order valence-electron chi connectivity index (χ0n) is 13.3. The first kappa shape index (κ1) is 16.0. The van der Waals surface area contributed by atoms with Gasteiger partial charge < -0.3 is 10.5 Å². The predicted octanol–water partition coefficient (Wildman–Crippen LogP) is 4.14. The van der Waals surface area contributed by atoms with Crippen molar-refractivity contribution in [1.29, 1.82) is 0 Å². The molecule has 1 aromatic rings. The van der Waals surface area contributed by atoms with Crippen LogP contribution in [-0.2, 0) is 5.41 Å². The molecule has 0 radical (unpaired) electrons. The Balaban J connectivity index is 3.19. The van der Waals surface area contributed by atoms with E-state index in [9.17, 15) is 0 Å². The summed E-state index contributed by atoms with van der Waals surface area (Å²) in [4.78, 5) is 0. The molecule has 2 nitrogen and oxygen atoms in total. The van der Waals surface area contributed by atoms with Gasteiger partial charge in [-0.15, -0.1) is 0 Å². The molecule has 19 heavy (non-hydrogen) atoms. The molecular formula is C17H29NO. The first-order chi connectivity index (χ1) is 8.81. The van der Waals surface area contributed by atoms with Crippen molar-refractivity contribution >= 4 is 0 Å². The SMILES string of the molecule is COc1cc(C)c(C(C)CCCN)cc1C(C)(C)C. The standard InChI is InChI=1S/C17H29NO/c1-12(8-7-9-18)14-11-15(17(3,4)5)16(19-6)10-13(14)2/h10-12H,7-9,18H2,1-6H3. The maximum atomic E-state index is 5.62. The minimum atomic E-state index is 0.0986. The summed E-state index contributed by atoms with van der Waals surface area (Å²) in [5, 5.41) is 0. The van der Waals surface area contributed by atoms with Gasteiger partial charge in [-0.05, 0) is 60.4 Å². The number of hydrogen-bond donors (Lipinski definition) is 1. The maximum Gasteiger partial charge on any atom is 0.122 e. The van der Waals surface area contributed by atoms with Crippen LogP contribution in [0.1, 0.15) is 63.1 Å². The van der Waals surface area contributed by atoms with Gasteiger partial charge in [0.05, 0.1) is 7.11 Å². The van der Waals surface area contributed by atoms with Gasteiger partial charge >= 0.3 is 0 Å². The topological polar surface area (TPSA) is 35.2 Å². The lowest BCUT2D eigenvalue weighted by molar-refractivity contribution is 0.396. The van der Waals surface area contributed by atoms with Crippen LogP contribution in [0.15, 0.2) is 12.1 Å². The molecule has 0 aromatic heterocycles. The van der Waals surface area contributed by atoms with E-state index in [-0.39, 0.29) is 5.41 Å². The molecule has 0 aliphatic carbocycles. The number of hydrogen-bond acceptors (Lipinski definition) is 2. The average molecular weight is 263 g/mol. The molecule has 0 amide bonds. The van der Waals surface area contributed by atoms with Crippen molar-refractivity contribution in [3.8, 4) is 5.75 Å². The minimum Gasteiger partial charge on any atom is -0.496 e. The first-order valence-electron chi connectivity index (χ1n) is 7.20. The summed E-state index contributed by atoms with van der Waals surface area (Å²) in [5.74, 6) is 1.55. The highest BCUT2D eigenvalue weighted by Gasteiger charge is 2.21. The van der Waals surface area contributed by atoms with Crippen LogP contribution in [0.4, 0.5) is 0 Å². The highest BCUT2D eigenvalue weighted by Crippen LogP contribution is 2.36. The summed E-state index contributed by atoms with van der Waals surface area (Å²) in [6.45, 7) is 11.9. The molecular weight excluding hydrogens is 234 g/mol. The van der Waals surface area contributed by atoms with E-state index >= 15 is 0 Å². The second-order valence-corrected chi connectivity index (χ2v) is 6.49. The van der Waals surface area contributed by atoms with Crippen molar-refractivity contribution in [2.75, 3.05) is 13.7 Å². The Kier molecular flexibility index (Phi) is 5.42. The summed E-state index contributed by atoms with van der Waals surface area (Å²) >= 11 is 0. The normalized spacial score (nSPS) is 13.4.